The quantitative estimate of drug-likeness (QED) is 0.681. The van der Waals surface area contributed by atoms with Crippen LogP contribution in [0.3, 0.4) is 0 Å². The van der Waals surface area contributed by atoms with Gasteiger partial charge < -0.3 is 9.64 Å². The van der Waals surface area contributed by atoms with Crippen molar-refractivity contribution in [3.05, 3.63) is 0 Å². The molecule has 1 aliphatic rings. The molecule has 0 aromatic rings. The fourth-order valence-electron chi connectivity index (χ4n) is 1.50. The molecule has 1 rings (SSSR count). The topological polar surface area (TPSA) is 29.5 Å². The van der Waals surface area contributed by atoms with Crippen LogP contribution >= 0.6 is 15.9 Å². The molecule has 1 aliphatic heterocycles. The highest BCUT2D eigenvalue weighted by Gasteiger charge is 2.40. The smallest absolute Gasteiger partial charge is 0.410 e. The predicted molar refractivity (Wildman–Crippen MR) is 59.7 cm³/mol. The second-order valence-corrected chi connectivity index (χ2v) is 5.48. The summed E-state index contributed by atoms with van der Waals surface area (Å²) in [5.74, 6) is 0.571. The third-order valence-electron chi connectivity index (χ3n) is 2.33. The van der Waals surface area contributed by atoms with E-state index in [1.54, 1.807) is 4.90 Å². The van der Waals surface area contributed by atoms with E-state index >= 15 is 0 Å². The molecule has 1 fully saturated rings. The Hall–Kier alpha value is -0.250. The summed E-state index contributed by atoms with van der Waals surface area (Å²) >= 11 is 3.41. The molecule has 14 heavy (non-hydrogen) atoms. The number of ether oxygens (including phenoxy) is 1. The lowest BCUT2D eigenvalue weighted by Crippen LogP contribution is -2.59. The molecule has 0 N–H and O–H groups in total. The van der Waals surface area contributed by atoms with Crippen LogP contribution < -0.4 is 0 Å². The molecule has 1 saturated heterocycles. The zero-order chi connectivity index (χ0) is 10.9. The van der Waals surface area contributed by atoms with E-state index in [1.165, 1.54) is 0 Å². The van der Waals surface area contributed by atoms with Gasteiger partial charge in [-0.3, -0.25) is 0 Å². The van der Waals surface area contributed by atoms with Crippen molar-refractivity contribution in [2.45, 2.75) is 39.3 Å². The van der Waals surface area contributed by atoms with Crippen molar-refractivity contribution >= 4 is 22.0 Å². The molecular formula is C10H18BrNO2. The number of nitrogens with zero attached hydrogens (tertiary/aromatic N) is 1. The van der Waals surface area contributed by atoms with Crippen LogP contribution in [0.5, 0.6) is 0 Å². The first-order valence-corrected chi connectivity index (χ1v) is 6.03. The van der Waals surface area contributed by atoms with Crippen molar-refractivity contribution in [1.29, 1.82) is 0 Å². The number of amides is 1. The largest absolute Gasteiger partial charge is 0.444 e. The summed E-state index contributed by atoms with van der Waals surface area (Å²) in [6.45, 7) is 8.61. The van der Waals surface area contributed by atoms with E-state index < -0.39 is 5.60 Å². The number of halogens is 1. The maximum Gasteiger partial charge on any atom is 0.410 e. The van der Waals surface area contributed by atoms with Crippen molar-refractivity contribution < 1.29 is 9.53 Å². The van der Waals surface area contributed by atoms with Crippen LogP contribution in [0.2, 0.25) is 0 Å². The lowest BCUT2D eigenvalue weighted by molar-refractivity contribution is -0.0193. The molecule has 0 aliphatic carbocycles. The van der Waals surface area contributed by atoms with Gasteiger partial charge in [-0.05, 0) is 26.7 Å². The second-order valence-electron chi connectivity index (χ2n) is 4.83. The SMILES string of the molecule is CC1CN(C(=O)OC(C)(C)C)C1CBr. The van der Waals surface area contributed by atoms with Gasteiger partial charge in [0.2, 0.25) is 0 Å². The normalized spacial score (nSPS) is 27.1. The van der Waals surface area contributed by atoms with Gasteiger partial charge in [-0.1, -0.05) is 22.9 Å². The van der Waals surface area contributed by atoms with Gasteiger partial charge in [0, 0.05) is 17.9 Å². The number of hydrogen-bond donors (Lipinski definition) is 0. The third-order valence-corrected chi connectivity index (χ3v) is 2.99. The van der Waals surface area contributed by atoms with Crippen LogP contribution in [0.4, 0.5) is 4.79 Å². The van der Waals surface area contributed by atoms with Crippen molar-refractivity contribution in [3.63, 3.8) is 0 Å². The van der Waals surface area contributed by atoms with Crippen molar-refractivity contribution in [2.75, 3.05) is 11.9 Å². The van der Waals surface area contributed by atoms with E-state index in [1.807, 2.05) is 20.8 Å². The molecule has 0 spiro atoms. The number of alkyl halides is 1. The minimum atomic E-state index is -0.396. The Morgan fingerprint density at radius 3 is 2.50 bits per heavy atom. The van der Waals surface area contributed by atoms with Gasteiger partial charge in [0.15, 0.2) is 0 Å². The summed E-state index contributed by atoms with van der Waals surface area (Å²) in [5.41, 5.74) is -0.396. The van der Waals surface area contributed by atoms with Crippen LogP contribution in [0.25, 0.3) is 0 Å². The number of rotatable bonds is 1. The van der Waals surface area contributed by atoms with E-state index in [0.717, 1.165) is 11.9 Å². The molecule has 1 amide bonds. The van der Waals surface area contributed by atoms with Gasteiger partial charge in [0.05, 0.1) is 0 Å². The molecule has 3 nitrogen and oxygen atoms in total. The zero-order valence-corrected chi connectivity index (χ0v) is 10.8. The highest BCUT2D eigenvalue weighted by molar-refractivity contribution is 9.09. The van der Waals surface area contributed by atoms with Crippen molar-refractivity contribution in [1.82, 2.24) is 4.90 Å². The molecule has 0 aromatic heterocycles. The minimum absolute atomic E-state index is 0.194. The minimum Gasteiger partial charge on any atom is -0.444 e. The second kappa shape index (κ2) is 4.09. The lowest BCUT2D eigenvalue weighted by Gasteiger charge is -2.45. The first-order valence-electron chi connectivity index (χ1n) is 4.90. The Balaban J connectivity index is 2.47. The summed E-state index contributed by atoms with van der Waals surface area (Å²) in [6, 6.07) is 0.296. The molecule has 1 heterocycles. The van der Waals surface area contributed by atoms with Crippen molar-refractivity contribution in [3.8, 4) is 0 Å². The van der Waals surface area contributed by atoms with Crippen LogP contribution in [0, 0.1) is 5.92 Å². The standard InChI is InChI=1S/C10H18BrNO2/c1-7-6-12(8(7)5-11)9(13)14-10(2,3)4/h7-8H,5-6H2,1-4H3. The lowest BCUT2D eigenvalue weighted by atomic mass is 9.93. The van der Waals surface area contributed by atoms with Gasteiger partial charge in [0.1, 0.15) is 5.60 Å². The zero-order valence-electron chi connectivity index (χ0n) is 9.21. The number of carbonyl (C=O) groups is 1. The third kappa shape index (κ3) is 2.62. The van der Waals surface area contributed by atoms with Gasteiger partial charge >= 0.3 is 6.09 Å². The summed E-state index contributed by atoms with van der Waals surface area (Å²) in [6.07, 6.45) is -0.194. The highest BCUT2D eigenvalue weighted by Crippen LogP contribution is 2.27. The number of carbonyl (C=O) groups excluding carboxylic acids is 1. The maximum atomic E-state index is 11.6. The van der Waals surface area contributed by atoms with Crippen molar-refractivity contribution in [2.24, 2.45) is 5.92 Å². The number of hydrogen-bond acceptors (Lipinski definition) is 2. The van der Waals surface area contributed by atoms with E-state index in [0.29, 0.717) is 12.0 Å². The van der Waals surface area contributed by atoms with Crippen LogP contribution in [-0.4, -0.2) is 34.5 Å². The van der Waals surface area contributed by atoms with E-state index in [-0.39, 0.29) is 6.09 Å². The molecular weight excluding hydrogens is 246 g/mol. The van der Waals surface area contributed by atoms with E-state index in [9.17, 15) is 4.79 Å². The summed E-state index contributed by atoms with van der Waals surface area (Å²) in [7, 11) is 0. The Labute approximate surface area is 93.9 Å². The fourth-order valence-corrected chi connectivity index (χ4v) is 2.49. The molecule has 4 heteroatoms. The Morgan fingerprint density at radius 1 is 1.57 bits per heavy atom. The molecule has 82 valence electrons. The molecule has 0 saturated carbocycles. The first kappa shape index (κ1) is 11.8. The van der Waals surface area contributed by atoms with Gasteiger partial charge in [0.25, 0.3) is 0 Å². The molecule has 0 radical (unpaired) electrons. The summed E-state index contributed by atoms with van der Waals surface area (Å²) in [5, 5.41) is 0.827. The Morgan fingerprint density at radius 2 is 2.14 bits per heavy atom. The first-order chi connectivity index (χ1) is 6.35. The highest BCUT2D eigenvalue weighted by atomic mass is 79.9. The van der Waals surface area contributed by atoms with Crippen LogP contribution in [-0.2, 0) is 4.74 Å². The molecule has 0 aromatic carbocycles. The fraction of sp³-hybridized carbons (Fsp3) is 0.900. The van der Waals surface area contributed by atoms with Gasteiger partial charge in [-0.25, -0.2) is 4.79 Å². The van der Waals surface area contributed by atoms with Crippen LogP contribution in [0.1, 0.15) is 27.7 Å². The maximum absolute atomic E-state index is 11.6. The van der Waals surface area contributed by atoms with E-state index in [4.69, 9.17) is 4.74 Å². The average molecular weight is 264 g/mol. The number of likely N-dealkylation sites (tertiary alicyclic amines) is 1. The Kier molecular flexibility index (Phi) is 3.45. The molecule has 2 atom stereocenters. The van der Waals surface area contributed by atoms with E-state index in [2.05, 4.69) is 22.9 Å². The Bertz CT molecular complexity index is 225. The monoisotopic (exact) mass is 263 g/mol. The summed E-state index contributed by atoms with van der Waals surface area (Å²) in [4.78, 5) is 13.4. The van der Waals surface area contributed by atoms with Crippen LogP contribution in [0.15, 0.2) is 0 Å². The molecule has 0 bridgehead atoms. The average Bonchev–Trinajstić information content (AvgIpc) is 1.97. The van der Waals surface area contributed by atoms with Gasteiger partial charge in [-0.15, -0.1) is 0 Å². The summed E-state index contributed by atoms with van der Waals surface area (Å²) < 4.78 is 5.29. The predicted octanol–water partition coefficient (Wildman–Crippen LogP) is 2.64. The molecule has 2 unspecified atom stereocenters. The van der Waals surface area contributed by atoms with Gasteiger partial charge in [-0.2, -0.15) is 0 Å².